The average molecular weight is 1160 g/mol. The number of unbranched alkanes of at least 4 members (excludes halogenated alkanes) is 58. The molecule has 0 saturated carbocycles. The normalized spacial score (nSPS) is 12.0. The van der Waals surface area contributed by atoms with Crippen molar-refractivity contribution >= 4 is 17.9 Å². The van der Waals surface area contributed by atoms with E-state index in [9.17, 15) is 14.4 Å². The van der Waals surface area contributed by atoms with Crippen LogP contribution in [0.15, 0.2) is 12.2 Å². The maximum absolute atomic E-state index is 13.0. The average Bonchev–Trinajstić information content (AvgIpc) is 3.47. The standard InChI is InChI=1S/C76H146O6/c1-4-7-10-13-16-19-22-25-28-31-34-35-36-37-38-39-40-41-43-45-48-51-54-57-60-63-66-69-75(78)81-72-73(71-80-74(77)68-65-62-59-56-53-50-47-44-33-30-27-24-21-18-15-12-9-6-3)82-76(79)70-67-64-61-58-55-52-49-46-42-32-29-26-23-20-17-14-11-8-5-2/h30,33,73H,4-29,31-32,34-72H2,1-3H3/b33-30-. The first kappa shape index (κ1) is 80.2. The lowest BCUT2D eigenvalue weighted by molar-refractivity contribution is -0.167. The number of carbonyl (C=O) groups is 3. The predicted octanol–water partition coefficient (Wildman–Crippen LogP) is 26.0. The molecule has 0 bridgehead atoms. The summed E-state index contributed by atoms with van der Waals surface area (Å²) in [6.45, 7) is 6.74. The molecule has 1 unspecified atom stereocenters. The second-order valence-electron chi connectivity index (χ2n) is 25.9. The first-order valence-electron chi connectivity index (χ1n) is 37.7. The smallest absolute Gasteiger partial charge is 0.306 e. The van der Waals surface area contributed by atoms with Crippen LogP contribution < -0.4 is 0 Å². The van der Waals surface area contributed by atoms with E-state index in [1.54, 1.807) is 0 Å². The Labute approximate surface area is 513 Å². The van der Waals surface area contributed by atoms with E-state index in [1.807, 2.05) is 0 Å². The summed E-state index contributed by atoms with van der Waals surface area (Å²) in [6.07, 6.45) is 86.8. The monoisotopic (exact) mass is 1160 g/mol. The predicted molar refractivity (Wildman–Crippen MR) is 358 cm³/mol. The summed E-state index contributed by atoms with van der Waals surface area (Å²) in [5.74, 6) is -0.828. The zero-order valence-electron chi connectivity index (χ0n) is 56.1. The Kier molecular flexibility index (Phi) is 70.0. The lowest BCUT2D eigenvalue weighted by atomic mass is 10.0. The molecule has 0 N–H and O–H groups in total. The van der Waals surface area contributed by atoms with Gasteiger partial charge in [-0.05, 0) is 44.9 Å². The van der Waals surface area contributed by atoms with Gasteiger partial charge in [-0.3, -0.25) is 14.4 Å². The summed E-state index contributed by atoms with van der Waals surface area (Å²) in [5.41, 5.74) is 0. The van der Waals surface area contributed by atoms with Crippen molar-refractivity contribution in [1.82, 2.24) is 0 Å². The van der Waals surface area contributed by atoms with E-state index in [-0.39, 0.29) is 31.1 Å². The van der Waals surface area contributed by atoms with Crippen molar-refractivity contribution in [1.29, 1.82) is 0 Å². The van der Waals surface area contributed by atoms with Crippen molar-refractivity contribution < 1.29 is 28.6 Å². The van der Waals surface area contributed by atoms with Crippen LogP contribution in [0.2, 0.25) is 0 Å². The van der Waals surface area contributed by atoms with Gasteiger partial charge in [0.25, 0.3) is 0 Å². The number of hydrogen-bond acceptors (Lipinski definition) is 6. The zero-order valence-corrected chi connectivity index (χ0v) is 56.1. The molecule has 486 valence electrons. The molecule has 0 rings (SSSR count). The quantitative estimate of drug-likeness (QED) is 0.0261. The van der Waals surface area contributed by atoms with Crippen LogP contribution in [0.5, 0.6) is 0 Å². The van der Waals surface area contributed by atoms with E-state index in [1.165, 1.54) is 340 Å². The number of hydrogen-bond donors (Lipinski definition) is 0. The fraction of sp³-hybridized carbons (Fsp3) is 0.934. The van der Waals surface area contributed by atoms with Crippen molar-refractivity contribution in [2.45, 2.75) is 444 Å². The molecule has 0 radical (unpaired) electrons. The van der Waals surface area contributed by atoms with Gasteiger partial charge in [-0.1, -0.05) is 386 Å². The molecule has 0 fully saturated rings. The van der Waals surface area contributed by atoms with E-state index >= 15 is 0 Å². The summed E-state index contributed by atoms with van der Waals surface area (Å²) >= 11 is 0. The second-order valence-corrected chi connectivity index (χ2v) is 25.9. The molecule has 0 aromatic rings. The van der Waals surface area contributed by atoms with Crippen molar-refractivity contribution in [2.75, 3.05) is 13.2 Å². The number of carbonyl (C=O) groups excluding carboxylic acids is 3. The molecule has 6 nitrogen and oxygen atoms in total. The number of esters is 3. The van der Waals surface area contributed by atoms with Gasteiger partial charge < -0.3 is 14.2 Å². The lowest BCUT2D eigenvalue weighted by Crippen LogP contribution is -2.30. The van der Waals surface area contributed by atoms with Crippen LogP contribution in [0.25, 0.3) is 0 Å². The zero-order chi connectivity index (χ0) is 59.2. The Bertz CT molecular complexity index is 1280. The van der Waals surface area contributed by atoms with Gasteiger partial charge in [0.1, 0.15) is 13.2 Å². The molecule has 0 saturated heterocycles. The van der Waals surface area contributed by atoms with Crippen LogP contribution in [0.3, 0.4) is 0 Å². The highest BCUT2D eigenvalue weighted by molar-refractivity contribution is 5.71. The fourth-order valence-corrected chi connectivity index (χ4v) is 11.9. The van der Waals surface area contributed by atoms with Gasteiger partial charge in [-0.2, -0.15) is 0 Å². The van der Waals surface area contributed by atoms with Crippen LogP contribution in [0.1, 0.15) is 438 Å². The molecule has 0 aliphatic rings. The van der Waals surface area contributed by atoms with Gasteiger partial charge in [0, 0.05) is 19.3 Å². The molecule has 0 aliphatic carbocycles. The molecular weight excluding hydrogens is 1010 g/mol. The number of rotatable bonds is 71. The van der Waals surface area contributed by atoms with Crippen LogP contribution in [-0.2, 0) is 28.6 Å². The third-order valence-electron chi connectivity index (χ3n) is 17.5. The van der Waals surface area contributed by atoms with Gasteiger partial charge in [0.2, 0.25) is 0 Å². The Hall–Kier alpha value is -1.85. The third kappa shape index (κ3) is 68.9. The molecular formula is C76H146O6. The van der Waals surface area contributed by atoms with E-state index in [2.05, 4.69) is 32.9 Å². The summed E-state index contributed by atoms with van der Waals surface area (Å²) in [4.78, 5) is 38.5. The van der Waals surface area contributed by atoms with Crippen LogP contribution >= 0.6 is 0 Å². The van der Waals surface area contributed by atoms with Gasteiger partial charge in [-0.15, -0.1) is 0 Å². The molecule has 0 amide bonds. The topological polar surface area (TPSA) is 78.9 Å². The van der Waals surface area contributed by atoms with Crippen molar-refractivity contribution in [3.8, 4) is 0 Å². The summed E-state index contributed by atoms with van der Waals surface area (Å²) in [5, 5.41) is 0. The van der Waals surface area contributed by atoms with E-state index < -0.39 is 6.10 Å². The van der Waals surface area contributed by atoms with Gasteiger partial charge in [0.05, 0.1) is 0 Å². The van der Waals surface area contributed by atoms with E-state index in [4.69, 9.17) is 14.2 Å². The lowest BCUT2D eigenvalue weighted by Gasteiger charge is -2.18. The Balaban J connectivity index is 4.23. The summed E-state index contributed by atoms with van der Waals surface area (Å²) in [6, 6.07) is 0. The molecule has 0 spiro atoms. The van der Waals surface area contributed by atoms with Crippen molar-refractivity contribution in [3.05, 3.63) is 12.2 Å². The van der Waals surface area contributed by atoms with Gasteiger partial charge in [0.15, 0.2) is 6.10 Å². The third-order valence-corrected chi connectivity index (χ3v) is 17.5. The Morgan fingerprint density at radius 2 is 0.402 bits per heavy atom. The maximum atomic E-state index is 13.0. The number of ether oxygens (including phenoxy) is 3. The molecule has 0 aromatic carbocycles. The molecule has 6 heteroatoms. The molecule has 0 heterocycles. The van der Waals surface area contributed by atoms with Gasteiger partial charge >= 0.3 is 17.9 Å². The summed E-state index contributed by atoms with van der Waals surface area (Å²) < 4.78 is 17.0. The molecule has 0 aliphatic heterocycles. The Morgan fingerprint density at radius 3 is 0.610 bits per heavy atom. The first-order valence-corrected chi connectivity index (χ1v) is 37.7. The molecule has 82 heavy (non-hydrogen) atoms. The molecule has 1 atom stereocenters. The van der Waals surface area contributed by atoms with E-state index in [0.29, 0.717) is 19.3 Å². The highest BCUT2D eigenvalue weighted by Gasteiger charge is 2.20. The number of allylic oxidation sites excluding steroid dienone is 2. The van der Waals surface area contributed by atoms with Crippen LogP contribution in [0.4, 0.5) is 0 Å². The van der Waals surface area contributed by atoms with Crippen LogP contribution in [-0.4, -0.2) is 37.2 Å². The summed E-state index contributed by atoms with van der Waals surface area (Å²) in [7, 11) is 0. The highest BCUT2D eigenvalue weighted by Crippen LogP contribution is 2.20. The van der Waals surface area contributed by atoms with Crippen LogP contribution in [0, 0.1) is 0 Å². The van der Waals surface area contributed by atoms with E-state index in [0.717, 1.165) is 57.8 Å². The fourth-order valence-electron chi connectivity index (χ4n) is 11.9. The van der Waals surface area contributed by atoms with Crippen molar-refractivity contribution in [3.63, 3.8) is 0 Å². The maximum Gasteiger partial charge on any atom is 0.306 e. The molecule has 0 aromatic heterocycles. The highest BCUT2D eigenvalue weighted by atomic mass is 16.6. The SMILES string of the molecule is CCCCCCCCC/C=C\CCCCCCCCCC(=O)OCC(COC(=O)CCCCCCCCCCCCCCCCCCCCCCCCCCCCC)OC(=O)CCCCCCCCCCCCCCCCCCCCC. The largest absolute Gasteiger partial charge is 0.462 e. The second kappa shape index (κ2) is 71.6. The van der Waals surface area contributed by atoms with Crippen molar-refractivity contribution in [2.24, 2.45) is 0 Å². The first-order chi connectivity index (χ1) is 40.5. The minimum atomic E-state index is -0.769. The minimum absolute atomic E-state index is 0.0639. The minimum Gasteiger partial charge on any atom is -0.462 e. The van der Waals surface area contributed by atoms with Gasteiger partial charge in [-0.25, -0.2) is 0 Å². The Morgan fingerprint density at radius 1 is 0.232 bits per heavy atom.